The summed E-state index contributed by atoms with van der Waals surface area (Å²) in [5, 5.41) is 3.63. The second-order valence-corrected chi connectivity index (χ2v) is 12.2. The number of amides is 1. The van der Waals surface area contributed by atoms with Crippen molar-refractivity contribution in [2.24, 2.45) is 0 Å². The Kier molecular flexibility index (Phi) is 7.19. The minimum atomic E-state index is -0.581. The van der Waals surface area contributed by atoms with Crippen molar-refractivity contribution in [3.05, 3.63) is 137 Å². The van der Waals surface area contributed by atoms with E-state index >= 15 is 0 Å². The smallest absolute Gasteiger partial charge is 0.259 e. The number of carbonyl (C=O) groups is 2. The van der Waals surface area contributed by atoms with Crippen LogP contribution in [0, 0.1) is 0 Å². The molecule has 5 heteroatoms. The number of benzene rings is 4. The fourth-order valence-electron chi connectivity index (χ4n) is 6.13. The number of hydrogen-bond acceptors (Lipinski definition) is 4. The molecule has 2 aliphatic rings. The maximum Gasteiger partial charge on any atom is 0.259 e. The Balaban J connectivity index is 1.53. The number of hydrogen-bond donors (Lipinski definition) is 1. The first-order valence-corrected chi connectivity index (χ1v) is 14.5. The maximum absolute atomic E-state index is 14.4. The Labute approximate surface area is 247 Å². The summed E-state index contributed by atoms with van der Waals surface area (Å²) < 4.78 is 5.36. The maximum atomic E-state index is 14.4. The van der Waals surface area contributed by atoms with Crippen molar-refractivity contribution in [3.8, 4) is 5.75 Å². The standard InChI is InChI=1S/C37H36N2O3/c1-37(2,3)28-18-14-25(15-19-28)35-34-31(22-27(23-33(34)40)24-16-20-29(42-4)21-17-24)38-30-12-8-9-13-32(30)39(35)36(41)26-10-6-5-7-11-26/h5-21,27,35,38H,22-23H2,1-4H3/t27-,35+/m0/s1. The third-order valence-corrected chi connectivity index (χ3v) is 8.41. The van der Waals surface area contributed by atoms with E-state index in [0.717, 1.165) is 33.9 Å². The van der Waals surface area contributed by atoms with Crippen LogP contribution in [-0.2, 0) is 10.2 Å². The molecule has 5 nitrogen and oxygen atoms in total. The lowest BCUT2D eigenvalue weighted by atomic mass is 9.77. The minimum Gasteiger partial charge on any atom is -0.497 e. The average Bonchev–Trinajstić information content (AvgIpc) is 3.15. The number of anilines is 2. The number of nitrogens with one attached hydrogen (secondary N) is 1. The van der Waals surface area contributed by atoms with Gasteiger partial charge in [0.25, 0.3) is 5.91 Å². The highest BCUT2D eigenvalue weighted by Gasteiger charge is 2.42. The van der Waals surface area contributed by atoms with Crippen molar-refractivity contribution in [2.45, 2.75) is 51.0 Å². The lowest BCUT2D eigenvalue weighted by Crippen LogP contribution is -2.38. The summed E-state index contributed by atoms with van der Waals surface area (Å²) in [6.45, 7) is 6.55. The van der Waals surface area contributed by atoms with Gasteiger partial charge in [-0.3, -0.25) is 14.5 Å². The van der Waals surface area contributed by atoms with Crippen LogP contribution in [0.4, 0.5) is 11.4 Å². The molecule has 1 aliphatic carbocycles. The van der Waals surface area contributed by atoms with Crippen molar-refractivity contribution >= 4 is 23.1 Å². The van der Waals surface area contributed by atoms with Crippen molar-refractivity contribution in [2.75, 3.05) is 17.3 Å². The largest absolute Gasteiger partial charge is 0.497 e. The molecule has 1 N–H and O–H groups in total. The molecular formula is C37H36N2O3. The van der Waals surface area contributed by atoms with Crippen LogP contribution in [0.3, 0.4) is 0 Å². The molecule has 42 heavy (non-hydrogen) atoms. The van der Waals surface area contributed by atoms with Gasteiger partial charge in [-0.1, -0.05) is 87.5 Å². The van der Waals surface area contributed by atoms with E-state index in [2.05, 4.69) is 50.4 Å². The average molecular weight is 557 g/mol. The number of methoxy groups -OCH3 is 1. The van der Waals surface area contributed by atoms with E-state index in [1.54, 1.807) is 7.11 Å². The van der Waals surface area contributed by atoms with Crippen molar-refractivity contribution < 1.29 is 14.3 Å². The molecule has 6 rings (SSSR count). The number of nitrogens with zero attached hydrogens (tertiary/aromatic N) is 1. The predicted molar refractivity (Wildman–Crippen MR) is 168 cm³/mol. The van der Waals surface area contributed by atoms with E-state index in [1.807, 2.05) is 83.8 Å². The molecule has 1 heterocycles. The van der Waals surface area contributed by atoms with Gasteiger partial charge in [-0.25, -0.2) is 0 Å². The van der Waals surface area contributed by atoms with Gasteiger partial charge < -0.3 is 10.1 Å². The molecule has 0 saturated carbocycles. The lowest BCUT2D eigenvalue weighted by molar-refractivity contribution is -0.116. The Bertz CT molecular complexity index is 1650. The quantitative estimate of drug-likeness (QED) is 0.275. The zero-order chi connectivity index (χ0) is 29.4. The molecule has 0 saturated heterocycles. The lowest BCUT2D eigenvalue weighted by Gasteiger charge is -2.35. The van der Waals surface area contributed by atoms with E-state index in [4.69, 9.17) is 4.74 Å². The number of ether oxygens (including phenoxy) is 1. The Morgan fingerprint density at radius 2 is 1.45 bits per heavy atom. The molecule has 1 aliphatic heterocycles. The number of para-hydroxylation sites is 2. The van der Waals surface area contributed by atoms with E-state index in [9.17, 15) is 9.59 Å². The van der Waals surface area contributed by atoms with Crippen LogP contribution in [0.1, 0.15) is 72.6 Å². The number of Topliss-reactive ketones (excluding diaryl/α,β-unsaturated/α-hetero) is 1. The summed E-state index contributed by atoms with van der Waals surface area (Å²) in [6.07, 6.45) is 1.03. The first kappa shape index (κ1) is 27.5. The van der Waals surface area contributed by atoms with E-state index in [-0.39, 0.29) is 23.0 Å². The normalized spacial score (nSPS) is 18.5. The number of rotatable bonds is 4. The molecule has 0 bridgehead atoms. The SMILES string of the molecule is COc1ccc([C@@H]2CC(=O)C3=C(C2)Nc2ccccc2N(C(=O)c2ccccc2)[C@@H]3c2ccc(C(C)(C)C)cc2)cc1. The van der Waals surface area contributed by atoms with Crippen molar-refractivity contribution in [1.29, 1.82) is 0 Å². The fourth-order valence-corrected chi connectivity index (χ4v) is 6.13. The molecule has 0 spiro atoms. The third-order valence-electron chi connectivity index (χ3n) is 8.41. The molecule has 1 amide bonds. The van der Waals surface area contributed by atoms with Crippen LogP contribution in [0.2, 0.25) is 0 Å². The van der Waals surface area contributed by atoms with Gasteiger partial charge in [0, 0.05) is 23.3 Å². The molecule has 0 unspecified atom stereocenters. The summed E-state index contributed by atoms with van der Waals surface area (Å²) in [7, 11) is 1.65. The monoisotopic (exact) mass is 556 g/mol. The van der Waals surface area contributed by atoms with Crippen LogP contribution in [0.15, 0.2) is 114 Å². The summed E-state index contributed by atoms with van der Waals surface area (Å²) in [5.74, 6) is 0.708. The first-order chi connectivity index (χ1) is 20.2. The predicted octanol–water partition coefficient (Wildman–Crippen LogP) is 8.21. The molecule has 0 aromatic heterocycles. The van der Waals surface area contributed by atoms with Crippen LogP contribution < -0.4 is 15.0 Å². The van der Waals surface area contributed by atoms with Gasteiger partial charge in [0.1, 0.15) is 5.75 Å². The summed E-state index contributed by atoms with van der Waals surface area (Å²) in [5.41, 5.74) is 6.84. The van der Waals surface area contributed by atoms with Gasteiger partial charge in [-0.15, -0.1) is 0 Å². The van der Waals surface area contributed by atoms with E-state index < -0.39 is 6.04 Å². The second kappa shape index (κ2) is 11.0. The van der Waals surface area contributed by atoms with Crippen LogP contribution in [-0.4, -0.2) is 18.8 Å². The van der Waals surface area contributed by atoms with Gasteiger partial charge in [-0.2, -0.15) is 0 Å². The van der Waals surface area contributed by atoms with Gasteiger partial charge in [0.2, 0.25) is 0 Å². The third kappa shape index (κ3) is 5.11. The van der Waals surface area contributed by atoms with E-state index in [1.165, 1.54) is 5.56 Å². The van der Waals surface area contributed by atoms with Gasteiger partial charge in [-0.05, 0) is 70.8 Å². The number of allylic oxidation sites excluding steroid dienone is 1. The van der Waals surface area contributed by atoms with Crippen LogP contribution in [0.5, 0.6) is 5.75 Å². The molecule has 2 atom stereocenters. The molecule has 4 aromatic rings. The molecular weight excluding hydrogens is 520 g/mol. The highest BCUT2D eigenvalue weighted by atomic mass is 16.5. The topological polar surface area (TPSA) is 58.6 Å². The Morgan fingerprint density at radius 1 is 0.810 bits per heavy atom. The van der Waals surface area contributed by atoms with Gasteiger partial charge in [0.15, 0.2) is 5.78 Å². The number of carbonyl (C=O) groups excluding carboxylic acids is 2. The second-order valence-electron chi connectivity index (χ2n) is 12.2. The highest BCUT2D eigenvalue weighted by molar-refractivity contribution is 6.12. The Morgan fingerprint density at radius 3 is 2.12 bits per heavy atom. The van der Waals surface area contributed by atoms with Crippen molar-refractivity contribution in [1.82, 2.24) is 0 Å². The summed E-state index contributed by atoms with van der Waals surface area (Å²) in [4.78, 5) is 30.5. The summed E-state index contributed by atoms with van der Waals surface area (Å²) >= 11 is 0. The minimum absolute atomic E-state index is 0.0158. The zero-order valence-electron chi connectivity index (χ0n) is 24.6. The summed E-state index contributed by atoms with van der Waals surface area (Å²) in [6, 6.07) is 33.0. The molecule has 4 aromatic carbocycles. The molecule has 212 valence electrons. The van der Waals surface area contributed by atoms with Crippen LogP contribution >= 0.6 is 0 Å². The zero-order valence-corrected chi connectivity index (χ0v) is 24.6. The number of fused-ring (bicyclic) bond motifs is 1. The Hall–Kier alpha value is -4.64. The number of ketones is 1. The fraction of sp³-hybridized carbons (Fsp3) is 0.243. The van der Waals surface area contributed by atoms with Gasteiger partial charge in [0.05, 0.1) is 24.5 Å². The van der Waals surface area contributed by atoms with Crippen LogP contribution in [0.25, 0.3) is 0 Å². The molecule has 0 fully saturated rings. The first-order valence-electron chi connectivity index (χ1n) is 14.5. The van der Waals surface area contributed by atoms with Gasteiger partial charge >= 0.3 is 0 Å². The highest BCUT2D eigenvalue weighted by Crippen LogP contribution is 2.48. The van der Waals surface area contributed by atoms with Crippen molar-refractivity contribution in [3.63, 3.8) is 0 Å². The van der Waals surface area contributed by atoms with E-state index in [0.29, 0.717) is 24.0 Å². The molecule has 0 radical (unpaired) electrons.